The van der Waals surface area contributed by atoms with E-state index in [2.05, 4.69) is 0 Å². The molecule has 0 aromatic rings. The lowest BCUT2D eigenvalue weighted by Gasteiger charge is -2.09. The van der Waals surface area contributed by atoms with E-state index in [9.17, 15) is 13.5 Å². The van der Waals surface area contributed by atoms with Crippen molar-refractivity contribution in [3.63, 3.8) is 0 Å². The first-order valence-electron chi connectivity index (χ1n) is 3.88. The van der Waals surface area contributed by atoms with Crippen molar-refractivity contribution in [1.82, 2.24) is 0 Å². The van der Waals surface area contributed by atoms with Crippen LogP contribution in [0.1, 0.15) is 0 Å². The molecule has 0 saturated carbocycles. The molecule has 1 fully saturated rings. The average Bonchev–Trinajstić information content (AvgIpc) is 2.20. The summed E-state index contributed by atoms with van der Waals surface area (Å²) in [5, 5.41) is 19.4. The van der Waals surface area contributed by atoms with E-state index in [0.29, 0.717) is 6.54 Å². The molecule has 1 rings (SSSR count). The van der Waals surface area contributed by atoms with Crippen LogP contribution in [0.15, 0.2) is 0 Å². The second kappa shape index (κ2) is 3.69. The summed E-state index contributed by atoms with van der Waals surface area (Å²) in [7, 11) is -3.04. The maximum absolute atomic E-state index is 11.0. The minimum atomic E-state index is -3.04. The molecule has 6 heteroatoms. The number of sulfone groups is 1. The molecule has 72 valence electrons. The number of quaternary nitrogens is 1. The van der Waals surface area contributed by atoms with Gasteiger partial charge in [-0.1, -0.05) is 0 Å². The predicted octanol–water partition coefficient (Wildman–Crippen LogP) is -3.30. The Hall–Kier alpha value is -0.170. The second-order valence-corrected chi connectivity index (χ2v) is 5.21. The van der Waals surface area contributed by atoms with E-state index in [1.807, 2.05) is 0 Å². The second-order valence-electron chi connectivity index (χ2n) is 3.06. The first-order valence-corrected chi connectivity index (χ1v) is 5.70. The van der Waals surface area contributed by atoms with Crippen molar-refractivity contribution < 1.29 is 23.9 Å². The average molecular weight is 196 g/mol. The monoisotopic (exact) mass is 196 g/mol. The minimum absolute atomic E-state index is 0.00324. The van der Waals surface area contributed by atoms with Gasteiger partial charge in [0.1, 0.15) is 17.9 Å². The summed E-state index contributed by atoms with van der Waals surface area (Å²) >= 11 is 0. The molecule has 0 aromatic heterocycles. The molecule has 0 spiro atoms. The summed E-state index contributed by atoms with van der Waals surface area (Å²) in [4.78, 5) is 0. The summed E-state index contributed by atoms with van der Waals surface area (Å²) in [6.07, 6.45) is -0.776. The molecule has 5 nitrogen and oxygen atoms in total. The molecule has 1 saturated heterocycles. The van der Waals surface area contributed by atoms with Crippen molar-refractivity contribution in [2.45, 2.75) is 12.1 Å². The normalized spacial score (nSPS) is 33.8. The Kier molecular flexibility index (Phi) is 3.05. The van der Waals surface area contributed by atoms with E-state index < -0.39 is 15.9 Å². The van der Waals surface area contributed by atoms with Gasteiger partial charge in [-0.15, -0.1) is 0 Å². The van der Waals surface area contributed by atoms with Crippen LogP contribution < -0.4 is 5.32 Å². The zero-order valence-corrected chi connectivity index (χ0v) is 7.50. The highest BCUT2D eigenvalue weighted by Crippen LogP contribution is 2.08. The minimum Gasteiger partial charge on any atom is -0.391 e. The Balaban J connectivity index is 2.47. The number of nitrogens with two attached hydrogens (primary N) is 1. The fourth-order valence-corrected chi connectivity index (χ4v) is 3.22. The van der Waals surface area contributed by atoms with E-state index in [4.69, 9.17) is 5.11 Å². The van der Waals surface area contributed by atoms with Gasteiger partial charge in [0, 0.05) is 0 Å². The lowest BCUT2D eigenvalue weighted by Crippen LogP contribution is -2.93. The molecular formula is C6H14NO4S+. The first kappa shape index (κ1) is 9.91. The highest BCUT2D eigenvalue weighted by atomic mass is 32.2. The molecule has 12 heavy (non-hydrogen) atoms. The summed E-state index contributed by atoms with van der Waals surface area (Å²) < 4.78 is 21.9. The van der Waals surface area contributed by atoms with Crippen LogP contribution in [-0.2, 0) is 9.84 Å². The third-order valence-electron chi connectivity index (χ3n) is 1.96. The molecule has 1 heterocycles. The lowest BCUT2D eigenvalue weighted by molar-refractivity contribution is -0.691. The third kappa shape index (κ3) is 2.41. The zero-order chi connectivity index (χ0) is 9.19. The quantitative estimate of drug-likeness (QED) is 0.441. The van der Waals surface area contributed by atoms with Gasteiger partial charge in [0.25, 0.3) is 0 Å². The maximum atomic E-state index is 11.0. The fraction of sp³-hybridized carbons (Fsp3) is 1.00. The summed E-state index contributed by atoms with van der Waals surface area (Å²) in [6, 6.07) is -0.290. The Bertz CT molecular complexity index is 238. The van der Waals surface area contributed by atoms with Crippen LogP contribution in [0.3, 0.4) is 0 Å². The number of hydrogen-bond acceptors (Lipinski definition) is 4. The van der Waals surface area contributed by atoms with Crippen molar-refractivity contribution in [1.29, 1.82) is 0 Å². The van der Waals surface area contributed by atoms with Crippen LogP contribution in [-0.4, -0.2) is 55.4 Å². The van der Waals surface area contributed by atoms with Gasteiger partial charge in [-0.25, -0.2) is 8.42 Å². The third-order valence-corrected chi connectivity index (χ3v) is 3.71. The molecule has 0 aliphatic carbocycles. The summed E-state index contributed by atoms with van der Waals surface area (Å²) in [6.45, 7) is 0.445. The first-order chi connectivity index (χ1) is 5.55. The standard InChI is InChI=1S/C6H13NO4S/c8-2-1-7-5-3-12(10,11)4-6(5)9/h5-9H,1-4H2/p+1/t5-,6-/m0/s1. The largest absolute Gasteiger partial charge is 0.391 e. The van der Waals surface area contributed by atoms with Crippen molar-refractivity contribution in [2.24, 2.45) is 0 Å². The van der Waals surface area contributed by atoms with E-state index in [1.54, 1.807) is 5.32 Å². The zero-order valence-electron chi connectivity index (χ0n) is 6.68. The van der Waals surface area contributed by atoms with Crippen molar-refractivity contribution in [3.05, 3.63) is 0 Å². The number of aliphatic hydroxyl groups excluding tert-OH is 2. The van der Waals surface area contributed by atoms with E-state index in [1.165, 1.54) is 0 Å². The molecule has 0 unspecified atom stereocenters. The van der Waals surface area contributed by atoms with Crippen LogP contribution >= 0.6 is 0 Å². The van der Waals surface area contributed by atoms with E-state index in [-0.39, 0.29) is 24.2 Å². The molecule has 1 aliphatic heterocycles. The van der Waals surface area contributed by atoms with Gasteiger partial charge in [0.2, 0.25) is 0 Å². The predicted molar refractivity (Wildman–Crippen MR) is 42.3 cm³/mol. The van der Waals surface area contributed by atoms with Gasteiger partial charge in [-0.3, -0.25) is 0 Å². The number of hydrogen-bond donors (Lipinski definition) is 3. The molecular weight excluding hydrogens is 182 g/mol. The smallest absolute Gasteiger partial charge is 0.159 e. The Morgan fingerprint density at radius 2 is 2.08 bits per heavy atom. The van der Waals surface area contributed by atoms with Crippen LogP contribution in [0.2, 0.25) is 0 Å². The van der Waals surface area contributed by atoms with Gasteiger partial charge in [0.15, 0.2) is 9.84 Å². The fourth-order valence-electron chi connectivity index (χ4n) is 1.37. The van der Waals surface area contributed by atoms with Gasteiger partial charge >= 0.3 is 0 Å². The number of aliphatic hydroxyl groups is 2. The highest BCUT2D eigenvalue weighted by molar-refractivity contribution is 7.91. The summed E-state index contributed by atoms with van der Waals surface area (Å²) in [5.74, 6) is -0.117. The summed E-state index contributed by atoms with van der Waals surface area (Å²) in [5.41, 5.74) is 0. The van der Waals surface area contributed by atoms with Gasteiger partial charge < -0.3 is 15.5 Å². The molecule has 0 amide bonds. The Labute approximate surface area is 71.3 Å². The van der Waals surface area contributed by atoms with Crippen LogP contribution in [0.5, 0.6) is 0 Å². The van der Waals surface area contributed by atoms with Gasteiger partial charge in [-0.2, -0.15) is 0 Å². The lowest BCUT2D eigenvalue weighted by atomic mass is 10.2. The molecule has 0 radical (unpaired) electrons. The molecule has 2 atom stereocenters. The Morgan fingerprint density at radius 3 is 2.50 bits per heavy atom. The van der Waals surface area contributed by atoms with Gasteiger partial charge in [0.05, 0.1) is 18.9 Å². The molecule has 4 N–H and O–H groups in total. The maximum Gasteiger partial charge on any atom is 0.159 e. The Morgan fingerprint density at radius 1 is 1.42 bits per heavy atom. The van der Waals surface area contributed by atoms with Crippen molar-refractivity contribution in [3.8, 4) is 0 Å². The van der Waals surface area contributed by atoms with Crippen LogP contribution in [0.4, 0.5) is 0 Å². The van der Waals surface area contributed by atoms with Crippen LogP contribution in [0.25, 0.3) is 0 Å². The molecule has 1 aliphatic rings. The van der Waals surface area contributed by atoms with Crippen molar-refractivity contribution >= 4 is 9.84 Å². The van der Waals surface area contributed by atoms with Crippen LogP contribution in [0, 0.1) is 0 Å². The van der Waals surface area contributed by atoms with Gasteiger partial charge in [-0.05, 0) is 0 Å². The number of rotatable bonds is 3. The SMILES string of the molecule is O=S1(=O)C[C@H]([NH2+]CCO)[C@@H](O)C1. The topological polar surface area (TPSA) is 91.2 Å². The van der Waals surface area contributed by atoms with E-state index >= 15 is 0 Å². The van der Waals surface area contributed by atoms with E-state index in [0.717, 1.165) is 0 Å². The molecule has 0 bridgehead atoms. The molecule has 0 aromatic carbocycles. The van der Waals surface area contributed by atoms with Crippen molar-refractivity contribution in [2.75, 3.05) is 24.7 Å². The highest BCUT2D eigenvalue weighted by Gasteiger charge is 2.38.